The molecule has 1 saturated heterocycles. The lowest BCUT2D eigenvalue weighted by Crippen LogP contribution is -2.51. The van der Waals surface area contributed by atoms with E-state index in [1.807, 2.05) is 29.2 Å². The average Bonchev–Trinajstić information content (AvgIpc) is 2.53. The van der Waals surface area contributed by atoms with Gasteiger partial charge in [0.15, 0.2) is 0 Å². The molecule has 0 aromatic heterocycles. The van der Waals surface area contributed by atoms with Gasteiger partial charge >= 0.3 is 6.03 Å². The Labute approximate surface area is 119 Å². The van der Waals surface area contributed by atoms with Crippen LogP contribution in [-0.2, 0) is 0 Å². The fraction of sp³-hybridized carbons (Fsp3) is 0.400. The van der Waals surface area contributed by atoms with Crippen LogP contribution in [0.5, 0.6) is 5.75 Å². The molecule has 5 nitrogen and oxygen atoms in total. The minimum absolute atomic E-state index is 0.0146. The highest BCUT2D eigenvalue weighted by Gasteiger charge is 2.20. The molecule has 1 fully saturated rings. The molecule has 108 valence electrons. The van der Waals surface area contributed by atoms with Crippen LogP contribution in [0.15, 0.2) is 36.9 Å². The molecule has 2 rings (SSSR count). The summed E-state index contributed by atoms with van der Waals surface area (Å²) in [5.74, 6) is 0.858. The van der Waals surface area contributed by atoms with Gasteiger partial charge in [0, 0.05) is 38.4 Å². The van der Waals surface area contributed by atoms with Crippen molar-refractivity contribution in [2.24, 2.45) is 0 Å². The Kier molecular flexibility index (Phi) is 4.87. The predicted molar refractivity (Wildman–Crippen MR) is 80.4 cm³/mol. The van der Waals surface area contributed by atoms with Crippen molar-refractivity contribution < 1.29 is 9.53 Å². The topological polar surface area (TPSA) is 44.8 Å². The molecule has 1 aromatic carbocycles. The minimum Gasteiger partial charge on any atom is -0.497 e. The summed E-state index contributed by atoms with van der Waals surface area (Å²) in [6.07, 6.45) is 1.69. The molecule has 5 heteroatoms. The number of urea groups is 1. The predicted octanol–water partition coefficient (Wildman–Crippen LogP) is 1.71. The number of carbonyl (C=O) groups excluding carboxylic acids is 1. The van der Waals surface area contributed by atoms with Crippen molar-refractivity contribution in [1.29, 1.82) is 0 Å². The second-order valence-corrected chi connectivity index (χ2v) is 4.65. The standard InChI is InChI=1S/C15H21N3O2/c1-3-8-16-15(19)18-11-9-17(10-12-18)13-4-6-14(20-2)7-5-13/h3-7H,1,8-12H2,2H3,(H,16,19). The van der Waals surface area contributed by atoms with Gasteiger partial charge < -0.3 is 19.9 Å². The van der Waals surface area contributed by atoms with Crippen LogP contribution in [0.3, 0.4) is 0 Å². The number of piperazine rings is 1. The number of ether oxygens (including phenoxy) is 1. The Morgan fingerprint density at radius 3 is 2.50 bits per heavy atom. The van der Waals surface area contributed by atoms with Crippen molar-refractivity contribution in [3.8, 4) is 5.75 Å². The first-order valence-electron chi connectivity index (χ1n) is 6.77. The molecule has 0 radical (unpaired) electrons. The van der Waals surface area contributed by atoms with Crippen molar-refractivity contribution in [1.82, 2.24) is 10.2 Å². The first-order valence-corrected chi connectivity index (χ1v) is 6.77. The summed E-state index contributed by atoms with van der Waals surface area (Å²) in [6.45, 7) is 7.25. The number of anilines is 1. The Hall–Kier alpha value is -2.17. The highest BCUT2D eigenvalue weighted by atomic mass is 16.5. The number of methoxy groups -OCH3 is 1. The molecule has 0 bridgehead atoms. The Morgan fingerprint density at radius 2 is 1.95 bits per heavy atom. The summed E-state index contributed by atoms with van der Waals surface area (Å²) in [6, 6.07) is 7.99. The summed E-state index contributed by atoms with van der Waals surface area (Å²) in [7, 11) is 1.66. The molecule has 0 atom stereocenters. The number of carbonyl (C=O) groups is 1. The highest BCUT2D eigenvalue weighted by molar-refractivity contribution is 5.74. The lowest BCUT2D eigenvalue weighted by molar-refractivity contribution is 0.195. The van der Waals surface area contributed by atoms with Crippen molar-refractivity contribution in [3.63, 3.8) is 0 Å². The van der Waals surface area contributed by atoms with E-state index in [1.54, 1.807) is 13.2 Å². The molecule has 1 heterocycles. The van der Waals surface area contributed by atoms with Gasteiger partial charge in [-0.15, -0.1) is 6.58 Å². The van der Waals surface area contributed by atoms with Gasteiger partial charge in [0.2, 0.25) is 0 Å². The van der Waals surface area contributed by atoms with E-state index in [4.69, 9.17) is 4.74 Å². The van der Waals surface area contributed by atoms with Gasteiger partial charge in [-0.1, -0.05) is 6.08 Å². The van der Waals surface area contributed by atoms with E-state index in [9.17, 15) is 4.79 Å². The van der Waals surface area contributed by atoms with Crippen LogP contribution in [0.25, 0.3) is 0 Å². The maximum atomic E-state index is 11.8. The Morgan fingerprint density at radius 1 is 1.30 bits per heavy atom. The molecule has 0 spiro atoms. The van der Waals surface area contributed by atoms with Crippen LogP contribution < -0.4 is 15.0 Å². The van der Waals surface area contributed by atoms with E-state index in [0.717, 1.165) is 37.6 Å². The summed E-state index contributed by atoms with van der Waals surface area (Å²) >= 11 is 0. The summed E-state index contributed by atoms with van der Waals surface area (Å²) < 4.78 is 5.15. The normalized spacial score (nSPS) is 14.8. The second kappa shape index (κ2) is 6.84. The van der Waals surface area contributed by atoms with Gasteiger partial charge in [0.1, 0.15) is 5.75 Å². The Balaban J connectivity index is 1.86. The first-order chi connectivity index (χ1) is 9.74. The minimum atomic E-state index is -0.0146. The van der Waals surface area contributed by atoms with Gasteiger partial charge in [-0.2, -0.15) is 0 Å². The summed E-state index contributed by atoms with van der Waals surface area (Å²) in [5, 5.41) is 2.81. The van der Waals surface area contributed by atoms with Crippen LogP contribution in [0.1, 0.15) is 0 Å². The van der Waals surface area contributed by atoms with Crippen LogP contribution in [0, 0.1) is 0 Å². The molecule has 0 aliphatic carbocycles. The number of benzene rings is 1. The molecule has 1 aromatic rings. The van der Waals surface area contributed by atoms with Gasteiger partial charge in [0.05, 0.1) is 7.11 Å². The molecule has 0 unspecified atom stereocenters. The van der Waals surface area contributed by atoms with Crippen LogP contribution in [0.2, 0.25) is 0 Å². The lowest BCUT2D eigenvalue weighted by Gasteiger charge is -2.36. The quantitative estimate of drug-likeness (QED) is 0.851. The molecule has 1 aliphatic rings. The molecule has 2 amide bonds. The SMILES string of the molecule is C=CCNC(=O)N1CCN(c2ccc(OC)cc2)CC1. The number of rotatable bonds is 4. The third-order valence-electron chi connectivity index (χ3n) is 3.40. The zero-order valence-electron chi connectivity index (χ0n) is 11.8. The fourth-order valence-corrected chi connectivity index (χ4v) is 2.23. The largest absolute Gasteiger partial charge is 0.497 e. The van der Waals surface area contributed by atoms with E-state index in [1.165, 1.54) is 0 Å². The number of amides is 2. The molecule has 1 N–H and O–H groups in total. The van der Waals surface area contributed by atoms with E-state index >= 15 is 0 Å². The maximum absolute atomic E-state index is 11.8. The zero-order valence-corrected chi connectivity index (χ0v) is 11.8. The average molecular weight is 275 g/mol. The first kappa shape index (κ1) is 14.2. The van der Waals surface area contributed by atoms with Gasteiger partial charge in [-0.25, -0.2) is 4.79 Å². The van der Waals surface area contributed by atoms with Crippen LogP contribution in [0.4, 0.5) is 10.5 Å². The fourth-order valence-electron chi connectivity index (χ4n) is 2.23. The monoisotopic (exact) mass is 275 g/mol. The number of hydrogen-bond donors (Lipinski definition) is 1. The van der Waals surface area contributed by atoms with E-state index in [0.29, 0.717) is 6.54 Å². The third-order valence-corrected chi connectivity index (χ3v) is 3.40. The van der Waals surface area contributed by atoms with Crippen LogP contribution in [-0.4, -0.2) is 50.8 Å². The van der Waals surface area contributed by atoms with E-state index in [2.05, 4.69) is 16.8 Å². The molecular formula is C15H21N3O2. The number of nitrogens with zero attached hydrogens (tertiary/aromatic N) is 2. The molecule has 1 aliphatic heterocycles. The van der Waals surface area contributed by atoms with Gasteiger partial charge in [-0.3, -0.25) is 0 Å². The Bertz CT molecular complexity index is 451. The van der Waals surface area contributed by atoms with Gasteiger partial charge in [0.25, 0.3) is 0 Å². The molecule has 0 saturated carbocycles. The maximum Gasteiger partial charge on any atom is 0.317 e. The van der Waals surface area contributed by atoms with Crippen molar-refractivity contribution in [2.75, 3.05) is 44.7 Å². The van der Waals surface area contributed by atoms with Crippen molar-refractivity contribution in [2.45, 2.75) is 0 Å². The number of nitrogens with one attached hydrogen (secondary N) is 1. The highest BCUT2D eigenvalue weighted by Crippen LogP contribution is 2.20. The smallest absolute Gasteiger partial charge is 0.317 e. The summed E-state index contributed by atoms with van der Waals surface area (Å²) in [5.41, 5.74) is 1.16. The van der Waals surface area contributed by atoms with Crippen molar-refractivity contribution >= 4 is 11.7 Å². The van der Waals surface area contributed by atoms with E-state index in [-0.39, 0.29) is 6.03 Å². The van der Waals surface area contributed by atoms with Crippen molar-refractivity contribution in [3.05, 3.63) is 36.9 Å². The summed E-state index contributed by atoms with van der Waals surface area (Å²) in [4.78, 5) is 15.9. The lowest BCUT2D eigenvalue weighted by atomic mass is 10.2. The third kappa shape index (κ3) is 3.44. The molecular weight excluding hydrogens is 254 g/mol. The zero-order chi connectivity index (χ0) is 14.4. The second-order valence-electron chi connectivity index (χ2n) is 4.65. The van der Waals surface area contributed by atoms with Crippen LogP contribution >= 0.6 is 0 Å². The molecule has 20 heavy (non-hydrogen) atoms. The van der Waals surface area contributed by atoms with E-state index < -0.39 is 0 Å². The van der Waals surface area contributed by atoms with Gasteiger partial charge in [-0.05, 0) is 24.3 Å². The number of hydrogen-bond acceptors (Lipinski definition) is 3.